The van der Waals surface area contributed by atoms with Crippen molar-refractivity contribution in [3.63, 3.8) is 0 Å². The van der Waals surface area contributed by atoms with E-state index in [0.717, 1.165) is 0 Å². The zero-order valence-corrected chi connectivity index (χ0v) is 9.96. The summed E-state index contributed by atoms with van der Waals surface area (Å²) in [4.78, 5) is 3.86. The topological polar surface area (TPSA) is 47.9 Å². The molecule has 0 atom stereocenters. The van der Waals surface area contributed by atoms with E-state index in [0.29, 0.717) is 16.5 Å². The van der Waals surface area contributed by atoms with Crippen LogP contribution in [0.2, 0.25) is 15.3 Å². The van der Waals surface area contributed by atoms with Gasteiger partial charge in [0.1, 0.15) is 5.75 Å². The third kappa shape index (κ3) is 2.72. The summed E-state index contributed by atoms with van der Waals surface area (Å²) in [6.07, 6.45) is 2.99. The molecule has 2 aromatic rings. The van der Waals surface area contributed by atoms with Crippen molar-refractivity contribution in [3.8, 4) is 11.5 Å². The molecule has 2 rings (SSSR count). The molecule has 4 nitrogen and oxygen atoms in total. The van der Waals surface area contributed by atoms with E-state index in [2.05, 4.69) is 15.2 Å². The highest BCUT2D eigenvalue weighted by molar-refractivity contribution is 6.32. The maximum atomic E-state index is 5.78. The highest BCUT2D eigenvalue weighted by Crippen LogP contribution is 2.29. The molecule has 2 aromatic heterocycles. The maximum Gasteiger partial charge on any atom is 0.194 e. The Morgan fingerprint density at radius 3 is 2.56 bits per heavy atom. The fraction of sp³-hybridized carbons (Fsp3) is 0. The lowest BCUT2D eigenvalue weighted by atomic mass is 10.4. The molecule has 0 aromatic carbocycles. The molecule has 0 bridgehead atoms. The third-order valence-corrected chi connectivity index (χ3v) is 2.25. The van der Waals surface area contributed by atoms with Crippen molar-refractivity contribution >= 4 is 34.8 Å². The monoisotopic (exact) mass is 275 g/mol. The first-order valence-corrected chi connectivity index (χ1v) is 5.25. The first-order valence-electron chi connectivity index (χ1n) is 4.12. The van der Waals surface area contributed by atoms with Gasteiger partial charge in [-0.1, -0.05) is 34.8 Å². The SMILES string of the molecule is Clc1cncc(Oc2cc(Cl)nnc2Cl)c1. The van der Waals surface area contributed by atoms with Gasteiger partial charge in [-0.05, 0) is 0 Å². The summed E-state index contributed by atoms with van der Waals surface area (Å²) in [6, 6.07) is 3.05. The molecule has 0 radical (unpaired) electrons. The Morgan fingerprint density at radius 1 is 1.00 bits per heavy atom. The number of halogens is 3. The minimum Gasteiger partial charge on any atom is -0.452 e. The zero-order valence-electron chi connectivity index (χ0n) is 7.69. The molecule has 0 aliphatic rings. The fourth-order valence-electron chi connectivity index (χ4n) is 0.984. The second kappa shape index (κ2) is 4.82. The van der Waals surface area contributed by atoms with E-state index in [-0.39, 0.29) is 10.3 Å². The lowest BCUT2D eigenvalue weighted by molar-refractivity contribution is 0.476. The van der Waals surface area contributed by atoms with Gasteiger partial charge >= 0.3 is 0 Å². The lowest BCUT2D eigenvalue weighted by Crippen LogP contribution is -1.90. The molecule has 0 saturated heterocycles. The van der Waals surface area contributed by atoms with E-state index >= 15 is 0 Å². The summed E-state index contributed by atoms with van der Waals surface area (Å²) in [5.74, 6) is 0.740. The van der Waals surface area contributed by atoms with Gasteiger partial charge in [0, 0.05) is 18.3 Å². The van der Waals surface area contributed by atoms with Crippen LogP contribution in [-0.4, -0.2) is 15.2 Å². The van der Waals surface area contributed by atoms with Gasteiger partial charge in [0.25, 0.3) is 0 Å². The number of hydrogen-bond donors (Lipinski definition) is 0. The molecule has 7 heteroatoms. The molecule has 0 spiro atoms. The molecule has 0 saturated carbocycles. The maximum absolute atomic E-state index is 5.78. The summed E-state index contributed by atoms with van der Waals surface area (Å²) >= 11 is 17.2. The first-order chi connectivity index (χ1) is 7.65. The average Bonchev–Trinajstić information content (AvgIpc) is 2.24. The molecular weight excluding hydrogens is 272 g/mol. The molecule has 2 heterocycles. The van der Waals surface area contributed by atoms with Gasteiger partial charge in [-0.25, -0.2) is 0 Å². The van der Waals surface area contributed by atoms with Crippen LogP contribution in [0.4, 0.5) is 0 Å². The quantitative estimate of drug-likeness (QED) is 0.840. The number of aromatic nitrogens is 3. The van der Waals surface area contributed by atoms with E-state index in [4.69, 9.17) is 39.5 Å². The van der Waals surface area contributed by atoms with E-state index in [1.165, 1.54) is 18.5 Å². The zero-order chi connectivity index (χ0) is 11.5. The largest absolute Gasteiger partial charge is 0.452 e. The Hall–Kier alpha value is -1.10. The number of rotatable bonds is 2. The number of ether oxygens (including phenoxy) is 1. The highest BCUT2D eigenvalue weighted by Gasteiger charge is 2.07. The third-order valence-electron chi connectivity index (χ3n) is 1.59. The van der Waals surface area contributed by atoms with Gasteiger partial charge in [-0.2, -0.15) is 0 Å². The molecular formula is C9H4Cl3N3O. The van der Waals surface area contributed by atoms with Crippen LogP contribution >= 0.6 is 34.8 Å². The molecule has 0 N–H and O–H groups in total. The van der Waals surface area contributed by atoms with Gasteiger partial charge in [-0.3, -0.25) is 4.98 Å². The molecule has 0 unspecified atom stereocenters. The molecule has 0 amide bonds. The summed E-state index contributed by atoms with van der Waals surface area (Å²) in [5, 5.41) is 7.93. The Balaban J connectivity index is 2.30. The fourth-order valence-corrected chi connectivity index (χ4v) is 1.42. The molecule has 0 fully saturated rings. The van der Waals surface area contributed by atoms with E-state index in [9.17, 15) is 0 Å². The van der Waals surface area contributed by atoms with Crippen LogP contribution < -0.4 is 4.74 Å². The highest BCUT2D eigenvalue weighted by atomic mass is 35.5. The number of nitrogens with zero attached hydrogens (tertiary/aromatic N) is 3. The average molecular weight is 277 g/mol. The Morgan fingerprint density at radius 2 is 1.81 bits per heavy atom. The van der Waals surface area contributed by atoms with Gasteiger partial charge in [0.15, 0.2) is 16.1 Å². The summed E-state index contributed by atoms with van der Waals surface area (Å²) in [5.41, 5.74) is 0. The molecule has 0 aliphatic heterocycles. The van der Waals surface area contributed by atoms with Crippen molar-refractivity contribution in [3.05, 3.63) is 39.9 Å². The minimum atomic E-state index is 0.115. The second-order valence-corrected chi connectivity index (χ2v) is 3.94. The molecule has 16 heavy (non-hydrogen) atoms. The Labute approximate surface area is 106 Å². The molecule has 0 aliphatic carbocycles. The smallest absolute Gasteiger partial charge is 0.194 e. The Bertz CT molecular complexity index is 521. The van der Waals surface area contributed by atoms with Crippen LogP contribution in [-0.2, 0) is 0 Å². The van der Waals surface area contributed by atoms with Crippen LogP contribution in [0.15, 0.2) is 24.5 Å². The number of hydrogen-bond acceptors (Lipinski definition) is 4. The molecule has 82 valence electrons. The Kier molecular flexibility index (Phi) is 3.43. The van der Waals surface area contributed by atoms with Gasteiger partial charge in [0.2, 0.25) is 0 Å². The van der Waals surface area contributed by atoms with Crippen LogP contribution in [0.1, 0.15) is 0 Å². The minimum absolute atomic E-state index is 0.115. The predicted molar refractivity (Wildman–Crippen MR) is 61.4 cm³/mol. The normalized spacial score (nSPS) is 10.2. The summed E-state index contributed by atoms with van der Waals surface area (Å²) in [7, 11) is 0. The van der Waals surface area contributed by atoms with Crippen molar-refractivity contribution in [1.29, 1.82) is 0 Å². The number of pyridine rings is 1. The summed E-state index contributed by atoms with van der Waals surface area (Å²) < 4.78 is 5.40. The second-order valence-electron chi connectivity index (χ2n) is 2.76. The first kappa shape index (κ1) is 11.4. The van der Waals surface area contributed by atoms with Crippen LogP contribution in [0, 0.1) is 0 Å². The van der Waals surface area contributed by atoms with Gasteiger partial charge in [0.05, 0.1) is 11.2 Å². The van der Waals surface area contributed by atoms with E-state index < -0.39 is 0 Å². The van der Waals surface area contributed by atoms with Crippen molar-refractivity contribution in [2.45, 2.75) is 0 Å². The van der Waals surface area contributed by atoms with Crippen molar-refractivity contribution in [2.75, 3.05) is 0 Å². The van der Waals surface area contributed by atoms with Gasteiger partial charge in [-0.15, -0.1) is 10.2 Å². The van der Waals surface area contributed by atoms with Gasteiger partial charge < -0.3 is 4.74 Å². The van der Waals surface area contributed by atoms with Crippen molar-refractivity contribution < 1.29 is 4.74 Å². The predicted octanol–water partition coefficient (Wildman–Crippen LogP) is 3.62. The lowest BCUT2D eigenvalue weighted by Gasteiger charge is -2.05. The van der Waals surface area contributed by atoms with E-state index in [1.807, 2.05) is 0 Å². The van der Waals surface area contributed by atoms with E-state index in [1.54, 1.807) is 6.07 Å². The standard InChI is InChI=1S/C9H4Cl3N3O/c10-5-1-6(4-13-3-5)16-7-2-8(11)14-15-9(7)12/h1-4H. The van der Waals surface area contributed by atoms with Crippen LogP contribution in [0.3, 0.4) is 0 Å². The van der Waals surface area contributed by atoms with Crippen LogP contribution in [0.25, 0.3) is 0 Å². The van der Waals surface area contributed by atoms with Crippen molar-refractivity contribution in [1.82, 2.24) is 15.2 Å². The summed E-state index contributed by atoms with van der Waals surface area (Å²) in [6.45, 7) is 0. The van der Waals surface area contributed by atoms with Crippen molar-refractivity contribution in [2.24, 2.45) is 0 Å². The van der Waals surface area contributed by atoms with Crippen LogP contribution in [0.5, 0.6) is 11.5 Å².